The van der Waals surface area contributed by atoms with Crippen LogP contribution < -0.4 is 5.32 Å². The van der Waals surface area contributed by atoms with Gasteiger partial charge in [0.2, 0.25) is 11.8 Å². The van der Waals surface area contributed by atoms with E-state index in [0.29, 0.717) is 25.9 Å². The number of β-amino-alcohol motifs (C(OH)–C–C–N with tert-alkyl or cyclic N) is 1. The summed E-state index contributed by atoms with van der Waals surface area (Å²) in [5.74, 6) is 0.243. The Labute approximate surface area is 131 Å². The third-order valence-electron chi connectivity index (χ3n) is 5.56. The number of hydrogen-bond acceptors (Lipinski definition) is 4. The number of carbonyl (C=O) groups excluding carboxylic acids is 2. The lowest BCUT2D eigenvalue weighted by atomic mass is 9.90. The van der Waals surface area contributed by atoms with Crippen LogP contribution in [0.4, 0.5) is 0 Å². The number of hydrogen-bond donors (Lipinski definition) is 2. The van der Waals surface area contributed by atoms with Crippen LogP contribution in [0.5, 0.6) is 0 Å². The minimum atomic E-state index is -0.346. The molecule has 6 heteroatoms. The van der Waals surface area contributed by atoms with Crippen LogP contribution in [0.1, 0.15) is 39.0 Å². The van der Waals surface area contributed by atoms with E-state index in [1.165, 1.54) is 0 Å². The third-order valence-corrected chi connectivity index (χ3v) is 5.56. The summed E-state index contributed by atoms with van der Waals surface area (Å²) >= 11 is 0. The van der Waals surface area contributed by atoms with Gasteiger partial charge in [-0.15, -0.1) is 0 Å². The Bertz CT molecular complexity index is 450. The highest BCUT2D eigenvalue weighted by atomic mass is 16.3. The number of piperidine rings is 1. The molecule has 0 aromatic carbocycles. The van der Waals surface area contributed by atoms with Crippen LogP contribution in [0.15, 0.2) is 0 Å². The highest BCUT2D eigenvalue weighted by molar-refractivity contribution is 5.82. The summed E-state index contributed by atoms with van der Waals surface area (Å²) in [4.78, 5) is 27.9. The fourth-order valence-electron chi connectivity index (χ4n) is 3.68. The summed E-state index contributed by atoms with van der Waals surface area (Å²) in [6, 6.07) is -0.114. The normalized spacial score (nSPS) is 30.7. The second-order valence-electron chi connectivity index (χ2n) is 7.07. The maximum atomic E-state index is 12.3. The van der Waals surface area contributed by atoms with E-state index >= 15 is 0 Å². The van der Waals surface area contributed by atoms with Crippen molar-refractivity contribution in [3.05, 3.63) is 0 Å². The number of aliphatic hydroxyl groups is 1. The van der Waals surface area contributed by atoms with E-state index in [0.717, 1.165) is 38.9 Å². The molecule has 1 spiro atoms. The van der Waals surface area contributed by atoms with Crippen molar-refractivity contribution in [2.24, 2.45) is 5.41 Å². The number of carbonyl (C=O) groups is 2. The lowest BCUT2D eigenvalue weighted by Gasteiger charge is -2.36. The van der Waals surface area contributed by atoms with Gasteiger partial charge in [0, 0.05) is 39.1 Å². The Morgan fingerprint density at radius 2 is 2.14 bits per heavy atom. The van der Waals surface area contributed by atoms with Gasteiger partial charge in [0.1, 0.15) is 0 Å². The second kappa shape index (κ2) is 6.16. The zero-order valence-electron chi connectivity index (χ0n) is 13.4. The monoisotopic (exact) mass is 309 g/mol. The Hall–Kier alpha value is -1.14. The maximum Gasteiger partial charge on any atom is 0.239 e. The molecule has 2 saturated heterocycles. The van der Waals surface area contributed by atoms with Crippen LogP contribution in [0.3, 0.4) is 0 Å². The van der Waals surface area contributed by atoms with Crippen molar-refractivity contribution in [2.75, 3.05) is 32.7 Å². The molecule has 3 fully saturated rings. The minimum absolute atomic E-state index is 0.114. The highest BCUT2D eigenvalue weighted by Crippen LogP contribution is 2.53. The fraction of sp³-hybridized carbons (Fsp3) is 0.875. The molecule has 1 aliphatic carbocycles. The first-order valence-electron chi connectivity index (χ1n) is 8.50. The largest absolute Gasteiger partial charge is 0.391 e. The van der Waals surface area contributed by atoms with E-state index in [1.54, 1.807) is 4.90 Å². The van der Waals surface area contributed by atoms with Gasteiger partial charge in [0.05, 0.1) is 12.1 Å². The van der Waals surface area contributed by atoms with E-state index in [9.17, 15) is 14.7 Å². The van der Waals surface area contributed by atoms with Crippen molar-refractivity contribution in [2.45, 2.75) is 51.2 Å². The van der Waals surface area contributed by atoms with E-state index in [1.807, 2.05) is 11.8 Å². The molecule has 124 valence electrons. The molecule has 0 radical (unpaired) electrons. The summed E-state index contributed by atoms with van der Waals surface area (Å²) in [6.07, 6.45) is 3.98. The Morgan fingerprint density at radius 1 is 1.36 bits per heavy atom. The number of rotatable bonds is 4. The Balaban J connectivity index is 1.40. The van der Waals surface area contributed by atoms with Gasteiger partial charge in [-0.05, 0) is 38.0 Å². The van der Waals surface area contributed by atoms with Gasteiger partial charge in [-0.25, -0.2) is 0 Å². The second-order valence-corrected chi connectivity index (χ2v) is 7.07. The molecule has 2 unspecified atom stereocenters. The van der Waals surface area contributed by atoms with Crippen molar-refractivity contribution in [1.29, 1.82) is 0 Å². The summed E-state index contributed by atoms with van der Waals surface area (Å²) in [6.45, 7) is 5.34. The smallest absolute Gasteiger partial charge is 0.239 e. The van der Waals surface area contributed by atoms with E-state index < -0.39 is 0 Å². The van der Waals surface area contributed by atoms with E-state index in [4.69, 9.17) is 0 Å². The number of likely N-dealkylation sites (tertiary alicyclic amines) is 1. The number of nitrogens with zero attached hydrogens (tertiary/aromatic N) is 2. The van der Waals surface area contributed by atoms with Crippen LogP contribution >= 0.6 is 0 Å². The third kappa shape index (κ3) is 3.13. The molecule has 0 aromatic heterocycles. The molecule has 2 atom stereocenters. The van der Waals surface area contributed by atoms with Gasteiger partial charge in [0.25, 0.3) is 0 Å². The lowest BCUT2D eigenvalue weighted by molar-refractivity contribution is -0.138. The highest BCUT2D eigenvalue weighted by Gasteiger charge is 2.51. The number of piperazine rings is 1. The molecule has 0 aromatic rings. The molecule has 2 N–H and O–H groups in total. The van der Waals surface area contributed by atoms with Crippen LogP contribution in [-0.2, 0) is 9.59 Å². The zero-order valence-corrected chi connectivity index (χ0v) is 13.4. The topological polar surface area (TPSA) is 72.9 Å². The fourth-order valence-corrected chi connectivity index (χ4v) is 3.68. The lowest BCUT2D eigenvalue weighted by Crippen LogP contribution is -2.53. The van der Waals surface area contributed by atoms with Crippen molar-refractivity contribution >= 4 is 11.8 Å². The predicted molar refractivity (Wildman–Crippen MR) is 82.1 cm³/mol. The summed E-state index contributed by atoms with van der Waals surface area (Å²) in [5.41, 5.74) is 0.139. The Morgan fingerprint density at radius 3 is 2.82 bits per heavy atom. The van der Waals surface area contributed by atoms with Crippen molar-refractivity contribution in [3.8, 4) is 0 Å². The SMILES string of the molecule is CC1NCCN(CCCC(=O)N2CCC3(CC3)C(O)C2)C1=O. The minimum Gasteiger partial charge on any atom is -0.391 e. The van der Waals surface area contributed by atoms with Gasteiger partial charge in [-0.3, -0.25) is 9.59 Å². The van der Waals surface area contributed by atoms with Crippen molar-refractivity contribution < 1.29 is 14.7 Å². The predicted octanol–water partition coefficient (Wildman–Crippen LogP) is -0.0397. The average molecular weight is 309 g/mol. The standard InChI is InChI=1S/C16H27N3O3/c1-12-15(22)18(10-7-17-12)8-2-3-14(21)19-9-6-16(4-5-16)13(20)11-19/h12-13,17,20H,2-11H2,1H3. The number of amides is 2. The van der Waals surface area contributed by atoms with Gasteiger partial charge >= 0.3 is 0 Å². The van der Waals surface area contributed by atoms with Crippen LogP contribution in [0.2, 0.25) is 0 Å². The molecule has 2 heterocycles. The van der Waals surface area contributed by atoms with Crippen molar-refractivity contribution in [3.63, 3.8) is 0 Å². The first kappa shape index (κ1) is 15.7. The molecule has 0 bridgehead atoms. The molecule has 3 rings (SSSR count). The van der Waals surface area contributed by atoms with Gasteiger partial charge < -0.3 is 20.2 Å². The molecule has 22 heavy (non-hydrogen) atoms. The number of nitrogens with one attached hydrogen (secondary N) is 1. The molecular weight excluding hydrogens is 282 g/mol. The van der Waals surface area contributed by atoms with Crippen molar-refractivity contribution in [1.82, 2.24) is 15.1 Å². The zero-order chi connectivity index (χ0) is 15.7. The first-order valence-corrected chi connectivity index (χ1v) is 8.50. The summed E-state index contributed by atoms with van der Waals surface area (Å²) in [5, 5.41) is 13.3. The Kier molecular flexibility index (Phi) is 4.41. The van der Waals surface area contributed by atoms with Gasteiger partial charge in [0.15, 0.2) is 0 Å². The van der Waals surface area contributed by atoms with Gasteiger partial charge in [-0.2, -0.15) is 0 Å². The quantitative estimate of drug-likeness (QED) is 0.764. The van der Waals surface area contributed by atoms with Crippen LogP contribution in [0, 0.1) is 5.41 Å². The van der Waals surface area contributed by atoms with Gasteiger partial charge in [-0.1, -0.05) is 0 Å². The molecule has 6 nitrogen and oxygen atoms in total. The molecular formula is C16H27N3O3. The molecule has 2 amide bonds. The molecule has 3 aliphatic rings. The summed E-state index contributed by atoms with van der Waals surface area (Å²) < 4.78 is 0. The van der Waals surface area contributed by atoms with E-state index in [-0.39, 0.29) is 29.4 Å². The molecule has 2 aliphatic heterocycles. The van der Waals surface area contributed by atoms with Crippen LogP contribution in [0.25, 0.3) is 0 Å². The average Bonchev–Trinajstić information content (AvgIpc) is 3.27. The molecule has 1 saturated carbocycles. The van der Waals surface area contributed by atoms with Crippen LogP contribution in [-0.4, -0.2) is 71.6 Å². The maximum absolute atomic E-state index is 12.3. The first-order chi connectivity index (χ1) is 10.5. The van der Waals surface area contributed by atoms with E-state index in [2.05, 4.69) is 5.32 Å². The summed E-state index contributed by atoms with van der Waals surface area (Å²) in [7, 11) is 0. The number of aliphatic hydroxyl groups excluding tert-OH is 1.